The molecule has 0 N–H and O–H groups in total. The molecular weight excluding hydrogens is 172 g/mol. The fourth-order valence-corrected chi connectivity index (χ4v) is 2.38. The van der Waals surface area contributed by atoms with Crippen molar-refractivity contribution in [3.63, 3.8) is 0 Å². The maximum absolute atomic E-state index is 4.38. The summed E-state index contributed by atoms with van der Waals surface area (Å²) < 4.78 is 0. The first kappa shape index (κ1) is 9.25. The smallest absolute Gasteiger partial charge is 0.113 e. The number of nitrogens with zero attached hydrogens (tertiary/aromatic N) is 2. The molecule has 74 valence electrons. The summed E-state index contributed by atoms with van der Waals surface area (Å²) in [5.41, 5.74) is 2.68. The predicted octanol–water partition coefficient (Wildman–Crippen LogP) is 2.44. The number of hydrogen-bond donors (Lipinski definition) is 0. The standard InChI is InChI=1S/C12H16N2/c1-12(2)9-7-5-6-8-10(9)14(4)11(12)13-3/h5-8H,1-4H3. The van der Waals surface area contributed by atoms with Crippen LogP contribution in [0.4, 0.5) is 5.69 Å². The van der Waals surface area contributed by atoms with Gasteiger partial charge in [-0.25, -0.2) is 0 Å². The number of anilines is 1. The average Bonchev–Trinajstić information content (AvgIpc) is 2.36. The van der Waals surface area contributed by atoms with E-state index in [2.05, 4.69) is 55.1 Å². The number of hydrogen-bond acceptors (Lipinski definition) is 1. The Labute approximate surface area is 85.3 Å². The monoisotopic (exact) mass is 188 g/mol. The third-order valence-corrected chi connectivity index (χ3v) is 3.03. The Balaban J connectivity index is 2.67. The maximum Gasteiger partial charge on any atom is 0.113 e. The number of likely N-dealkylation sites (N-methyl/N-ethyl adjacent to an activating group) is 1. The summed E-state index contributed by atoms with van der Waals surface area (Å²) in [6.45, 7) is 4.44. The number of amidine groups is 1. The molecule has 2 nitrogen and oxygen atoms in total. The maximum atomic E-state index is 4.38. The van der Waals surface area contributed by atoms with Crippen LogP contribution in [0.1, 0.15) is 19.4 Å². The van der Waals surface area contributed by atoms with Gasteiger partial charge in [-0.2, -0.15) is 0 Å². The quantitative estimate of drug-likeness (QED) is 0.610. The molecule has 14 heavy (non-hydrogen) atoms. The molecule has 0 unspecified atom stereocenters. The van der Waals surface area contributed by atoms with Gasteiger partial charge < -0.3 is 4.90 Å². The topological polar surface area (TPSA) is 15.6 Å². The Morgan fingerprint density at radius 2 is 1.86 bits per heavy atom. The highest BCUT2D eigenvalue weighted by atomic mass is 15.2. The van der Waals surface area contributed by atoms with Gasteiger partial charge in [0.2, 0.25) is 0 Å². The van der Waals surface area contributed by atoms with Crippen LogP contribution in [0.3, 0.4) is 0 Å². The zero-order chi connectivity index (χ0) is 10.3. The molecule has 0 bridgehead atoms. The molecule has 0 aliphatic carbocycles. The lowest BCUT2D eigenvalue weighted by atomic mass is 9.86. The predicted molar refractivity (Wildman–Crippen MR) is 61.2 cm³/mol. The van der Waals surface area contributed by atoms with Crippen molar-refractivity contribution in [3.8, 4) is 0 Å². The molecule has 0 fully saturated rings. The van der Waals surface area contributed by atoms with Crippen LogP contribution in [0.5, 0.6) is 0 Å². The lowest BCUT2D eigenvalue weighted by Gasteiger charge is -2.21. The van der Waals surface area contributed by atoms with E-state index >= 15 is 0 Å². The fraction of sp³-hybridized carbons (Fsp3) is 0.417. The van der Waals surface area contributed by atoms with Gasteiger partial charge in [-0.3, -0.25) is 4.99 Å². The van der Waals surface area contributed by atoms with Gasteiger partial charge >= 0.3 is 0 Å². The normalized spacial score (nSPS) is 21.4. The third kappa shape index (κ3) is 0.999. The molecule has 1 aliphatic heterocycles. The fourth-order valence-electron chi connectivity index (χ4n) is 2.38. The Bertz CT molecular complexity index is 391. The van der Waals surface area contributed by atoms with Crippen molar-refractivity contribution in [3.05, 3.63) is 29.8 Å². The second-order valence-electron chi connectivity index (χ2n) is 4.25. The van der Waals surface area contributed by atoms with Crippen LogP contribution in [0, 0.1) is 0 Å². The Hall–Kier alpha value is -1.31. The molecule has 1 heterocycles. The summed E-state index contributed by atoms with van der Waals surface area (Å²) >= 11 is 0. The van der Waals surface area contributed by atoms with Crippen LogP contribution < -0.4 is 4.90 Å². The molecule has 0 saturated heterocycles. The Kier molecular flexibility index (Phi) is 1.88. The SMILES string of the molecule is CN=C1N(C)c2ccccc2C1(C)C. The van der Waals surface area contributed by atoms with Gasteiger partial charge in [0.1, 0.15) is 5.84 Å². The van der Waals surface area contributed by atoms with Gasteiger partial charge in [0.15, 0.2) is 0 Å². The van der Waals surface area contributed by atoms with E-state index in [9.17, 15) is 0 Å². The average molecular weight is 188 g/mol. The third-order valence-electron chi connectivity index (χ3n) is 3.03. The molecule has 0 amide bonds. The van der Waals surface area contributed by atoms with E-state index in [0.717, 1.165) is 5.84 Å². The van der Waals surface area contributed by atoms with E-state index in [4.69, 9.17) is 0 Å². The summed E-state index contributed by atoms with van der Waals surface area (Å²) in [5, 5.41) is 0. The van der Waals surface area contributed by atoms with Crippen molar-refractivity contribution in [2.75, 3.05) is 19.0 Å². The van der Waals surface area contributed by atoms with E-state index in [0.29, 0.717) is 0 Å². The van der Waals surface area contributed by atoms with Crippen molar-refractivity contribution in [1.29, 1.82) is 0 Å². The Morgan fingerprint density at radius 3 is 2.43 bits per heavy atom. The van der Waals surface area contributed by atoms with Crippen LogP contribution in [0.15, 0.2) is 29.3 Å². The van der Waals surface area contributed by atoms with E-state index in [1.165, 1.54) is 11.3 Å². The highest BCUT2D eigenvalue weighted by Crippen LogP contribution is 2.40. The first-order valence-electron chi connectivity index (χ1n) is 4.89. The number of para-hydroxylation sites is 1. The van der Waals surface area contributed by atoms with Crippen LogP contribution in [0.25, 0.3) is 0 Å². The van der Waals surface area contributed by atoms with Crippen LogP contribution in [-0.4, -0.2) is 19.9 Å². The minimum atomic E-state index is 0.0418. The van der Waals surface area contributed by atoms with E-state index in [-0.39, 0.29) is 5.41 Å². The highest BCUT2D eigenvalue weighted by Gasteiger charge is 2.39. The summed E-state index contributed by atoms with van der Waals surface area (Å²) in [4.78, 5) is 6.55. The molecule has 0 aromatic heterocycles. The van der Waals surface area contributed by atoms with Crippen LogP contribution in [0.2, 0.25) is 0 Å². The summed E-state index contributed by atoms with van der Waals surface area (Å²) in [5.74, 6) is 1.14. The summed E-state index contributed by atoms with van der Waals surface area (Å²) in [6.07, 6.45) is 0. The first-order valence-corrected chi connectivity index (χ1v) is 4.89. The summed E-state index contributed by atoms with van der Waals surface area (Å²) in [6, 6.07) is 8.50. The van der Waals surface area contributed by atoms with E-state index < -0.39 is 0 Å². The molecule has 1 aromatic rings. The molecule has 0 spiro atoms. The van der Waals surface area contributed by atoms with Gasteiger partial charge in [0.05, 0.1) is 0 Å². The molecule has 1 aromatic carbocycles. The van der Waals surface area contributed by atoms with Gasteiger partial charge in [0.25, 0.3) is 0 Å². The number of fused-ring (bicyclic) bond motifs is 1. The van der Waals surface area contributed by atoms with E-state index in [1.807, 2.05) is 7.05 Å². The highest BCUT2D eigenvalue weighted by molar-refractivity contribution is 6.10. The van der Waals surface area contributed by atoms with Crippen LogP contribution >= 0.6 is 0 Å². The van der Waals surface area contributed by atoms with E-state index in [1.54, 1.807) is 0 Å². The van der Waals surface area contributed by atoms with Gasteiger partial charge in [-0.05, 0) is 25.5 Å². The molecule has 2 heteroatoms. The number of aliphatic imine (C=N–C) groups is 1. The molecular formula is C12H16N2. The van der Waals surface area contributed by atoms with Crippen molar-refractivity contribution in [1.82, 2.24) is 0 Å². The summed E-state index contributed by atoms with van der Waals surface area (Å²) in [7, 11) is 3.94. The largest absolute Gasteiger partial charge is 0.332 e. The van der Waals surface area contributed by atoms with Crippen molar-refractivity contribution < 1.29 is 0 Å². The zero-order valence-corrected chi connectivity index (χ0v) is 9.20. The Morgan fingerprint density at radius 1 is 1.21 bits per heavy atom. The van der Waals surface area contributed by atoms with Crippen molar-refractivity contribution in [2.45, 2.75) is 19.3 Å². The molecule has 2 rings (SSSR count). The minimum absolute atomic E-state index is 0.0418. The second kappa shape index (κ2) is 2.84. The van der Waals surface area contributed by atoms with Crippen molar-refractivity contribution in [2.24, 2.45) is 4.99 Å². The minimum Gasteiger partial charge on any atom is -0.332 e. The molecule has 1 aliphatic rings. The lowest BCUT2D eigenvalue weighted by Crippen LogP contribution is -2.33. The van der Waals surface area contributed by atoms with Crippen molar-refractivity contribution >= 4 is 11.5 Å². The zero-order valence-electron chi connectivity index (χ0n) is 9.20. The molecule has 0 atom stereocenters. The van der Waals surface area contributed by atoms with Gasteiger partial charge in [-0.1, -0.05) is 18.2 Å². The molecule has 0 radical (unpaired) electrons. The van der Waals surface area contributed by atoms with Crippen LogP contribution in [-0.2, 0) is 5.41 Å². The number of benzene rings is 1. The first-order chi connectivity index (χ1) is 6.59. The second-order valence-corrected chi connectivity index (χ2v) is 4.25. The number of rotatable bonds is 0. The lowest BCUT2D eigenvalue weighted by molar-refractivity contribution is 0.730. The van der Waals surface area contributed by atoms with Gasteiger partial charge in [0, 0.05) is 25.2 Å². The molecule has 0 saturated carbocycles. The van der Waals surface area contributed by atoms with Gasteiger partial charge in [-0.15, -0.1) is 0 Å².